The predicted molar refractivity (Wildman–Crippen MR) is 76.3 cm³/mol. The Balaban J connectivity index is 2.02. The molecule has 0 saturated carbocycles. The molecule has 0 radical (unpaired) electrons. The zero-order chi connectivity index (χ0) is 14.1. The van der Waals surface area contributed by atoms with E-state index in [2.05, 4.69) is 10.1 Å². The lowest BCUT2D eigenvalue weighted by Gasteiger charge is -2.00. The van der Waals surface area contributed by atoms with E-state index in [1.165, 1.54) is 0 Å². The molecule has 0 unspecified atom stereocenters. The number of aromatic hydroxyl groups is 1. The van der Waals surface area contributed by atoms with E-state index in [0.29, 0.717) is 33.6 Å². The molecule has 100 valence electrons. The van der Waals surface area contributed by atoms with Crippen LogP contribution in [-0.2, 0) is 0 Å². The molecule has 1 heterocycles. The number of hydrogen-bond acceptors (Lipinski definition) is 5. The molecule has 0 bridgehead atoms. The molecule has 3 N–H and O–H groups in total. The highest BCUT2D eigenvalue weighted by Gasteiger charge is 2.13. The second kappa shape index (κ2) is 4.86. The van der Waals surface area contributed by atoms with Crippen molar-refractivity contribution in [1.82, 2.24) is 10.1 Å². The Labute approximate surface area is 119 Å². The summed E-state index contributed by atoms with van der Waals surface area (Å²) in [4.78, 5) is 4.27. The number of phenols is 1. The van der Waals surface area contributed by atoms with Crippen LogP contribution in [0.25, 0.3) is 22.8 Å². The van der Waals surface area contributed by atoms with Crippen LogP contribution in [0.4, 0.5) is 5.69 Å². The Hall–Kier alpha value is -2.53. The summed E-state index contributed by atoms with van der Waals surface area (Å²) in [5.74, 6) is 0.822. The fourth-order valence-electron chi connectivity index (χ4n) is 1.82. The van der Waals surface area contributed by atoms with Gasteiger partial charge in [0, 0.05) is 16.3 Å². The smallest absolute Gasteiger partial charge is 0.260 e. The van der Waals surface area contributed by atoms with Gasteiger partial charge < -0.3 is 15.4 Å². The Morgan fingerprint density at radius 3 is 2.75 bits per heavy atom. The van der Waals surface area contributed by atoms with E-state index in [4.69, 9.17) is 21.9 Å². The highest BCUT2D eigenvalue weighted by molar-refractivity contribution is 6.31. The molecule has 0 aliphatic carbocycles. The lowest BCUT2D eigenvalue weighted by Crippen LogP contribution is -1.90. The Kier molecular flexibility index (Phi) is 3.04. The van der Waals surface area contributed by atoms with Crippen molar-refractivity contribution in [3.05, 3.63) is 47.5 Å². The highest BCUT2D eigenvalue weighted by atomic mass is 35.5. The third-order valence-electron chi connectivity index (χ3n) is 2.77. The van der Waals surface area contributed by atoms with E-state index < -0.39 is 0 Å². The Morgan fingerprint density at radius 1 is 1.15 bits per heavy atom. The van der Waals surface area contributed by atoms with Gasteiger partial charge in [0.05, 0.1) is 5.56 Å². The van der Waals surface area contributed by atoms with Crippen molar-refractivity contribution >= 4 is 17.3 Å². The molecule has 0 aliphatic rings. The molecule has 6 heteroatoms. The van der Waals surface area contributed by atoms with Crippen molar-refractivity contribution in [1.29, 1.82) is 0 Å². The quantitative estimate of drug-likeness (QED) is 0.706. The van der Waals surface area contributed by atoms with E-state index >= 15 is 0 Å². The zero-order valence-electron chi connectivity index (χ0n) is 10.2. The SMILES string of the molecule is Nc1cc(Cl)ccc1-c1nc(-c2cccc(O)c2)no1. The molecule has 0 fully saturated rings. The number of aromatic nitrogens is 2. The van der Waals surface area contributed by atoms with Crippen LogP contribution in [-0.4, -0.2) is 15.2 Å². The molecule has 3 aromatic rings. The van der Waals surface area contributed by atoms with Gasteiger partial charge in [0.2, 0.25) is 5.82 Å². The van der Waals surface area contributed by atoms with Crippen molar-refractivity contribution in [2.75, 3.05) is 5.73 Å². The molecule has 2 aromatic carbocycles. The van der Waals surface area contributed by atoms with Gasteiger partial charge >= 0.3 is 0 Å². The van der Waals surface area contributed by atoms with Crippen molar-refractivity contribution in [2.24, 2.45) is 0 Å². The second-order valence-electron chi connectivity index (χ2n) is 4.21. The fourth-order valence-corrected chi connectivity index (χ4v) is 2.00. The number of nitrogens with two attached hydrogens (primary N) is 1. The molecule has 0 saturated heterocycles. The number of benzene rings is 2. The van der Waals surface area contributed by atoms with Crippen molar-refractivity contribution in [3.63, 3.8) is 0 Å². The van der Waals surface area contributed by atoms with E-state index in [1.54, 1.807) is 42.5 Å². The van der Waals surface area contributed by atoms with E-state index in [-0.39, 0.29) is 5.75 Å². The maximum absolute atomic E-state index is 9.45. The van der Waals surface area contributed by atoms with Gasteiger partial charge in [-0.25, -0.2) is 0 Å². The van der Waals surface area contributed by atoms with Crippen LogP contribution in [0.2, 0.25) is 5.02 Å². The predicted octanol–water partition coefficient (Wildman–Crippen LogP) is 3.34. The standard InChI is InChI=1S/C14H10ClN3O2/c15-9-4-5-11(12(16)7-9)14-17-13(18-20-14)8-2-1-3-10(19)6-8/h1-7,19H,16H2. The first kappa shape index (κ1) is 12.5. The molecular formula is C14H10ClN3O2. The van der Waals surface area contributed by atoms with Crippen LogP contribution in [0.15, 0.2) is 47.0 Å². The topological polar surface area (TPSA) is 85.2 Å². The summed E-state index contributed by atoms with van der Waals surface area (Å²) >= 11 is 5.85. The third-order valence-corrected chi connectivity index (χ3v) is 3.01. The van der Waals surface area contributed by atoms with Gasteiger partial charge in [0.1, 0.15) is 5.75 Å². The maximum atomic E-state index is 9.45. The van der Waals surface area contributed by atoms with Crippen molar-refractivity contribution < 1.29 is 9.63 Å². The van der Waals surface area contributed by atoms with Crippen LogP contribution < -0.4 is 5.73 Å². The number of anilines is 1. The van der Waals surface area contributed by atoms with Gasteiger partial charge in [-0.3, -0.25) is 0 Å². The van der Waals surface area contributed by atoms with Crippen molar-refractivity contribution in [3.8, 4) is 28.6 Å². The van der Waals surface area contributed by atoms with E-state index in [1.807, 2.05) is 0 Å². The van der Waals surface area contributed by atoms with Gasteiger partial charge in [0.15, 0.2) is 0 Å². The van der Waals surface area contributed by atoms with E-state index in [0.717, 1.165) is 0 Å². The largest absolute Gasteiger partial charge is 0.508 e. The maximum Gasteiger partial charge on any atom is 0.260 e. The van der Waals surface area contributed by atoms with Crippen LogP contribution in [0, 0.1) is 0 Å². The zero-order valence-corrected chi connectivity index (χ0v) is 11.0. The summed E-state index contributed by atoms with van der Waals surface area (Å²) in [7, 11) is 0. The molecule has 0 spiro atoms. The lowest BCUT2D eigenvalue weighted by atomic mass is 10.2. The molecule has 20 heavy (non-hydrogen) atoms. The third kappa shape index (κ3) is 2.31. The molecule has 0 atom stereocenters. The van der Waals surface area contributed by atoms with Crippen LogP contribution >= 0.6 is 11.6 Å². The molecular weight excluding hydrogens is 278 g/mol. The number of rotatable bonds is 2. The van der Waals surface area contributed by atoms with Crippen LogP contribution in [0.1, 0.15) is 0 Å². The number of phenolic OH excluding ortho intramolecular Hbond substituents is 1. The first-order valence-corrected chi connectivity index (χ1v) is 6.20. The average molecular weight is 288 g/mol. The highest BCUT2D eigenvalue weighted by Crippen LogP contribution is 2.29. The Bertz CT molecular complexity index is 771. The first-order valence-electron chi connectivity index (χ1n) is 5.82. The average Bonchev–Trinajstić information content (AvgIpc) is 2.88. The van der Waals surface area contributed by atoms with Gasteiger partial charge in [-0.15, -0.1) is 0 Å². The minimum absolute atomic E-state index is 0.139. The van der Waals surface area contributed by atoms with Crippen LogP contribution in [0.5, 0.6) is 5.75 Å². The summed E-state index contributed by atoms with van der Waals surface area (Å²) in [6.07, 6.45) is 0. The first-order chi connectivity index (χ1) is 9.63. The van der Waals surface area contributed by atoms with Gasteiger partial charge in [-0.05, 0) is 30.3 Å². The number of nitrogen functional groups attached to an aromatic ring is 1. The molecule has 5 nitrogen and oxygen atoms in total. The fraction of sp³-hybridized carbons (Fsp3) is 0. The summed E-state index contributed by atoms with van der Waals surface area (Å²) in [5.41, 5.74) is 7.61. The monoisotopic (exact) mass is 287 g/mol. The second-order valence-corrected chi connectivity index (χ2v) is 4.64. The minimum atomic E-state index is 0.139. The summed E-state index contributed by atoms with van der Waals surface area (Å²) in [6, 6.07) is 11.6. The van der Waals surface area contributed by atoms with E-state index in [9.17, 15) is 5.11 Å². The minimum Gasteiger partial charge on any atom is -0.508 e. The van der Waals surface area contributed by atoms with Crippen molar-refractivity contribution in [2.45, 2.75) is 0 Å². The number of halogens is 1. The van der Waals surface area contributed by atoms with Gasteiger partial charge in [-0.2, -0.15) is 4.98 Å². The number of nitrogens with zero attached hydrogens (tertiary/aromatic N) is 2. The lowest BCUT2D eigenvalue weighted by molar-refractivity contribution is 0.432. The molecule has 0 aliphatic heterocycles. The van der Waals surface area contributed by atoms with Gasteiger partial charge in [-0.1, -0.05) is 28.9 Å². The summed E-state index contributed by atoms with van der Waals surface area (Å²) < 4.78 is 5.20. The van der Waals surface area contributed by atoms with Gasteiger partial charge in [0.25, 0.3) is 5.89 Å². The summed E-state index contributed by atoms with van der Waals surface area (Å²) in [5, 5.41) is 13.9. The normalized spacial score (nSPS) is 10.7. The number of hydrogen-bond donors (Lipinski definition) is 2. The summed E-state index contributed by atoms with van der Waals surface area (Å²) in [6.45, 7) is 0. The molecule has 1 aromatic heterocycles. The Morgan fingerprint density at radius 2 is 2.00 bits per heavy atom. The van der Waals surface area contributed by atoms with Crippen LogP contribution in [0.3, 0.4) is 0 Å². The molecule has 0 amide bonds. The molecule has 3 rings (SSSR count).